The summed E-state index contributed by atoms with van der Waals surface area (Å²) >= 11 is 0. The van der Waals surface area contributed by atoms with E-state index >= 15 is 0 Å². The van der Waals surface area contributed by atoms with Crippen LogP contribution in [-0.4, -0.2) is 23.5 Å². The Bertz CT molecular complexity index is 1410. The van der Waals surface area contributed by atoms with Gasteiger partial charge in [-0.2, -0.15) is 13.2 Å². The normalized spacial score (nSPS) is 12.1. The first-order chi connectivity index (χ1) is 18.7. The van der Waals surface area contributed by atoms with Crippen molar-refractivity contribution in [2.45, 2.75) is 32.0 Å². The third-order valence-corrected chi connectivity index (χ3v) is 6.04. The Balaban J connectivity index is 1.61. The van der Waals surface area contributed by atoms with Crippen molar-refractivity contribution in [2.24, 2.45) is 0 Å². The lowest BCUT2D eigenvalue weighted by Gasteiger charge is -2.20. The molecule has 9 heteroatoms. The molecule has 4 rings (SSSR count). The largest absolute Gasteiger partial charge is 0.481 e. The van der Waals surface area contributed by atoms with E-state index in [0.29, 0.717) is 34.8 Å². The highest BCUT2D eigenvalue weighted by Gasteiger charge is 2.30. The smallest absolute Gasteiger partial charge is 0.416 e. The van der Waals surface area contributed by atoms with Crippen LogP contribution in [0.1, 0.15) is 52.3 Å². The van der Waals surface area contributed by atoms with Gasteiger partial charge in [0.05, 0.1) is 12.0 Å². The van der Waals surface area contributed by atoms with E-state index in [1.807, 2.05) is 37.3 Å². The second-order valence-corrected chi connectivity index (χ2v) is 8.75. The van der Waals surface area contributed by atoms with Crippen LogP contribution >= 0.6 is 0 Å². The van der Waals surface area contributed by atoms with Gasteiger partial charge in [-0.25, -0.2) is 0 Å². The van der Waals surface area contributed by atoms with Crippen LogP contribution in [0.5, 0.6) is 5.75 Å². The minimum Gasteiger partial charge on any atom is -0.481 e. The van der Waals surface area contributed by atoms with Crippen LogP contribution in [0.15, 0.2) is 89.3 Å². The number of nitrogens with one attached hydrogen (secondary N) is 1. The summed E-state index contributed by atoms with van der Waals surface area (Å²) in [6.07, 6.45) is -4.67. The van der Waals surface area contributed by atoms with Crippen LogP contribution < -0.4 is 10.1 Å². The van der Waals surface area contributed by atoms with Crippen molar-refractivity contribution < 1.29 is 37.0 Å². The molecule has 0 spiro atoms. The number of benzene rings is 3. The van der Waals surface area contributed by atoms with E-state index < -0.39 is 29.7 Å². The number of carboxylic acid groups (broad SMARTS) is 1. The summed E-state index contributed by atoms with van der Waals surface area (Å²) in [6.45, 7) is 1.93. The lowest BCUT2D eigenvalue weighted by molar-refractivity contribution is -0.138. The molecule has 4 aromatic rings. The molecule has 0 fully saturated rings. The second kappa shape index (κ2) is 11.9. The molecule has 1 unspecified atom stereocenters. The van der Waals surface area contributed by atoms with E-state index in [2.05, 4.69) is 5.32 Å². The van der Waals surface area contributed by atoms with Gasteiger partial charge in [-0.05, 0) is 48.0 Å². The molecule has 3 aromatic carbocycles. The molecule has 1 amide bonds. The molecule has 0 saturated carbocycles. The Kier molecular flexibility index (Phi) is 8.39. The highest BCUT2D eigenvalue weighted by atomic mass is 19.4. The first-order valence-corrected chi connectivity index (χ1v) is 12.3. The summed E-state index contributed by atoms with van der Waals surface area (Å²) in [5.74, 6) is 0.136. The molecule has 39 heavy (non-hydrogen) atoms. The number of amides is 1. The fourth-order valence-corrected chi connectivity index (χ4v) is 4.05. The van der Waals surface area contributed by atoms with Gasteiger partial charge in [0.2, 0.25) is 0 Å². The predicted octanol–water partition coefficient (Wildman–Crippen LogP) is 6.90. The number of halogens is 3. The standard InChI is InChI=1S/C30H26F3NO5/c1-2-25-24(18-26(39-25)19-8-12-22(13-9-19)30(31,32)33)28(20-6-4-3-5-7-20)38-23-14-10-21(11-15-23)29(37)34-17-16-27(35)36/h3-15,18,28H,2,16-17H2,1H3,(H,34,37)(H,35,36). The van der Waals surface area contributed by atoms with E-state index in [-0.39, 0.29) is 13.0 Å². The first kappa shape index (κ1) is 27.5. The minimum absolute atomic E-state index is 0.0179. The maximum absolute atomic E-state index is 13.0. The Hall–Kier alpha value is -4.53. The van der Waals surface area contributed by atoms with Gasteiger partial charge in [0.1, 0.15) is 17.3 Å². The molecule has 0 aliphatic heterocycles. The molecular weight excluding hydrogens is 511 g/mol. The zero-order valence-corrected chi connectivity index (χ0v) is 21.0. The van der Waals surface area contributed by atoms with Crippen LogP contribution in [0.2, 0.25) is 0 Å². The van der Waals surface area contributed by atoms with E-state index in [4.69, 9.17) is 14.3 Å². The lowest BCUT2D eigenvalue weighted by Crippen LogP contribution is -2.25. The van der Waals surface area contributed by atoms with E-state index in [1.165, 1.54) is 12.1 Å². The Morgan fingerprint density at radius 1 is 0.974 bits per heavy atom. The highest BCUT2D eigenvalue weighted by Crippen LogP contribution is 2.37. The van der Waals surface area contributed by atoms with E-state index in [9.17, 15) is 22.8 Å². The van der Waals surface area contributed by atoms with Gasteiger partial charge < -0.3 is 19.6 Å². The molecule has 1 atom stereocenters. The van der Waals surface area contributed by atoms with Crippen molar-refractivity contribution in [1.29, 1.82) is 0 Å². The number of aliphatic carboxylic acids is 1. The number of aryl methyl sites for hydroxylation is 1. The van der Waals surface area contributed by atoms with Crippen LogP contribution in [-0.2, 0) is 17.4 Å². The average Bonchev–Trinajstić information content (AvgIpc) is 3.36. The van der Waals surface area contributed by atoms with Crippen molar-refractivity contribution in [3.05, 3.63) is 113 Å². The summed E-state index contributed by atoms with van der Waals surface area (Å²) in [5.41, 5.74) is 1.69. The minimum atomic E-state index is -4.43. The van der Waals surface area contributed by atoms with Gasteiger partial charge in [-0.15, -0.1) is 0 Å². The third-order valence-electron chi connectivity index (χ3n) is 6.04. The quantitative estimate of drug-likeness (QED) is 0.230. The number of hydrogen-bond donors (Lipinski definition) is 2. The summed E-state index contributed by atoms with van der Waals surface area (Å²) in [4.78, 5) is 22.9. The van der Waals surface area contributed by atoms with Crippen molar-refractivity contribution >= 4 is 11.9 Å². The zero-order valence-electron chi connectivity index (χ0n) is 21.0. The zero-order chi connectivity index (χ0) is 28.0. The van der Waals surface area contributed by atoms with Gasteiger partial charge in [-0.1, -0.05) is 49.4 Å². The number of alkyl halides is 3. The maximum atomic E-state index is 13.0. The third kappa shape index (κ3) is 6.87. The summed E-state index contributed by atoms with van der Waals surface area (Å²) in [5, 5.41) is 11.3. The number of carbonyl (C=O) groups is 2. The van der Waals surface area contributed by atoms with Crippen molar-refractivity contribution in [1.82, 2.24) is 5.32 Å². The van der Waals surface area contributed by atoms with Crippen molar-refractivity contribution in [3.63, 3.8) is 0 Å². The summed E-state index contributed by atoms with van der Waals surface area (Å²) in [7, 11) is 0. The SMILES string of the molecule is CCc1oc(-c2ccc(C(F)(F)F)cc2)cc1C(Oc1ccc(C(=O)NCCC(=O)O)cc1)c1ccccc1. The molecule has 0 aliphatic rings. The van der Waals surface area contributed by atoms with E-state index in [1.54, 1.807) is 30.3 Å². The van der Waals surface area contributed by atoms with Gasteiger partial charge in [0, 0.05) is 29.7 Å². The van der Waals surface area contributed by atoms with Gasteiger partial charge in [0.15, 0.2) is 6.10 Å². The predicted molar refractivity (Wildman–Crippen MR) is 138 cm³/mol. The van der Waals surface area contributed by atoms with Crippen LogP contribution in [0.25, 0.3) is 11.3 Å². The molecule has 2 N–H and O–H groups in total. The summed E-state index contributed by atoms with van der Waals surface area (Å²) in [6, 6.07) is 22.5. The first-order valence-electron chi connectivity index (χ1n) is 12.3. The highest BCUT2D eigenvalue weighted by molar-refractivity contribution is 5.94. The average molecular weight is 538 g/mol. The lowest BCUT2D eigenvalue weighted by atomic mass is 9.99. The Labute approximate surface area is 223 Å². The van der Waals surface area contributed by atoms with Crippen LogP contribution in [0.4, 0.5) is 13.2 Å². The van der Waals surface area contributed by atoms with E-state index in [0.717, 1.165) is 23.3 Å². The van der Waals surface area contributed by atoms with Gasteiger partial charge in [0.25, 0.3) is 5.91 Å². The fourth-order valence-electron chi connectivity index (χ4n) is 4.05. The molecule has 0 bridgehead atoms. The Morgan fingerprint density at radius 2 is 1.64 bits per heavy atom. The molecular formula is C30H26F3NO5. The Morgan fingerprint density at radius 3 is 2.23 bits per heavy atom. The summed E-state index contributed by atoms with van der Waals surface area (Å²) < 4.78 is 51.5. The fraction of sp³-hybridized carbons (Fsp3) is 0.200. The topological polar surface area (TPSA) is 88.8 Å². The number of hydrogen-bond acceptors (Lipinski definition) is 4. The molecule has 0 aliphatic carbocycles. The molecule has 1 heterocycles. The van der Waals surface area contributed by atoms with Crippen LogP contribution in [0, 0.1) is 0 Å². The number of ether oxygens (including phenoxy) is 1. The molecule has 202 valence electrons. The molecule has 1 aromatic heterocycles. The molecule has 0 saturated heterocycles. The monoisotopic (exact) mass is 537 g/mol. The number of carboxylic acids is 1. The van der Waals surface area contributed by atoms with Crippen molar-refractivity contribution in [2.75, 3.05) is 6.54 Å². The second-order valence-electron chi connectivity index (χ2n) is 8.75. The number of rotatable bonds is 10. The molecule has 0 radical (unpaired) electrons. The van der Waals surface area contributed by atoms with Gasteiger partial charge >= 0.3 is 12.1 Å². The van der Waals surface area contributed by atoms with Crippen molar-refractivity contribution in [3.8, 4) is 17.1 Å². The van der Waals surface area contributed by atoms with Gasteiger partial charge in [-0.3, -0.25) is 9.59 Å². The number of carbonyl (C=O) groups excluding carboxylic acids is 1. The van der Waals surface area contributed by atoms with Crippen LogP contribution in [0.3, 0.4) is 0 Å². The molecule has 6 nitrogen and oxygen atoms in total. The number of furan rings is 1. The maximum Gasteiger partial charge on any atom is 0.416 e.